The summed E-state index contributed by atoms with van der Waals surface area (Å²) in [5, 5.41) is 0. The van der Waals surface area contributed by atoms with Crippen molar-refractivity contribution in [1.29, 1.82) is 0 Å². The first-order valence-corrected chi connectivity index (χ1v) is 8.57. The minimum atomic E-state index is -1.55. The summed E-state index contributed by atoms with van der Waals surface area (Å²) in [4.78, 5) is 37.7. The second-order valence-electron chi connectivity index (χ2n) is 6.86. The second-order valence-corrected chi connectivity index (χ2v) is 6.86. The van der Waals surface area contributed by atoms with Crippen molar-refractivity contribution in [3.05, 3.63) is 23.5 Å². The van der Waals surface area contributed by atoms with Crippen LogP contribution in [0.5, 0.6) is 11.5 Å². The van der Waals surface area contributed by atoms with E-state index in [1.165, 1.54) is 20.3 Å². The lowest BCUT2D eigenvalue weighted by atomic mass is 10.0. The molecule has 9 nitrogen and oxygen atoms in total. The number of benzene rings is 1. The topological polar surface area (TPSA) is 101 Å². The first-order valence-electron chi connectivity index (χ1n) is 8.57. The van der Waals surface area contributed by atoms with Crippen LogP contribution in [-0.2, 0) is 25.4 Å². The van der Waals surface area contributed by atoms with Crippen LogP contribution < -0.4 is 9.47 Å². The molecule has 0 radical (unpaired) electrons. The molecule has 0 spiro atoms. The maximum atomic E-state index is 14.6. The zero-order chi connectivity index (χ0) is 22.4. The third-order valence-corrected chi connectivity index (χ3v) is 3.71. The van der Waals surface area contributed by atoms with Gasteiger partial charge in [0.2, 0.25) is 0 Å². The Bertz CT molecular complexity index is 759. The Morgan fingerprint density at radius 2 is 1.52 bits per heavy atom. The Morgan fingerprint density at radius 1 is 0.966 bits per heavy atom. The van der Waals surface area contributed by atoms with E-state index in [0.29, 0.717) is 4.90 Å². The highest BCUT2D eigenvalue weighted by molar-refractivity contribution is 5.94. The number of rotatable bonds is 6. The molecular formula is C19H26FNO8. The minimum Gasteiger partial charge on any atom is -0.493 e. The van der Waals surface area contributed by atoms with Crippen molar-refractivity contribution in [2.24, 2.45) is 0 Å². The second kappa shape index (κ2) is 9.94. The van der Waals surface area contributed by atoms with Gasteiger partial charge in [-0.25, -0.2) is 18.8 Å². The minimum absolute atomic E-state index is 0.0180. The third-order valence-electron chi connectivity index (χ3n) is 3.71. The highest BCUT2D eigenvalue weighted by atomic mass is 18.2. The average Bonchev–Trinajstić information content (AvgIpc) is 2.65. The molecule has 1 aromatic carbocycles. The van der Waals surface area contributed by atoms with Crippen molar-refractivity contribution >= 4 is 18.2 Å². The van der Waals surface area contributed by atoms with Gasteiger partial charge in [-0.15, -0.1) is 0 Å². The lowest BCUT2D eigenvalue weighted by Crippen LogP contribution is -2.51. The number of carbonyl (C=O) groups excluding carboxylic acids is 3. The van der Waals surface area contributed by atoms with Gasteiger partial charge in [0.15, 0.2) is 11.5 Å². The number of esters is 1. The number of nitrogens with zero attached hydrogens (tertiary/aromatic N) is 1. The first-order chi connectivity index (χ1) is 13.5. The van der Waals surface area contributed by atoms with Gasteiger partial charge in [0.25, 0.3) is 0 Å². The quantitative estimate of drug-likeness (QED) is 0.517. The molecule has 2 amide bonds. The predicted octanol–water partition coefficient (Wildman–Crippen LogP) is 2.93. The fourth-order valence-electron chi connectivity index (χ4n) is 2.42. The van der Waals surface area contributed by atoms with Gasteiger partial charge in [-0.05, 0) is 32.4 Å². The molecule has 0 fully saturated rings. The van der Waals surface area contributed by atoms with E-state index in [1.807, 2.05) is 0 Å². The molecule has 0 heterocycles. The van der Waals surface area contributed by atoms with Crippen molar-refractivity contribution in [1.82, 2.24) is 4.90 Å². The molecule has 1 unspecified atom stereocenters. The molecule has 0 aliphatic carbocycles. The van der Waals surface area contributed by atoms with Crippen molar-refractivity contribution < 1.29 is 42.5 Å². The summed E-state index contributed by atoms with van der Waals surface area (Å²) in [6.45, 7) is 4.75. The van der Waals surface area contributed by atoms with E-state index in [4.69, 9.17) is 18.9 Å². The lowest BCUT2D eigenvalue weighted by molar-refractivity contribution is -0.146. The molecule has 0 aromatic heterocycles. The summed E-state index contributed by atoms with van der Waals surface area (Å²) < 4.78 is 39.2. The van der Waals surface area contributed by atoms with Gasteiger partial charge in [0, 0.05) is 12.5 Å². The van der Waals surface area contributed by atoms with Crippen LogP contribution in [0.4, 0.5) is 14.0 Å². The maximum absolute atomic E-state index is 14.6. The average molecular weight is 414 g/mol. The molecule has 0 saturated carbocycles. The Balaban J connectivity index is 3.42. The molecule has 0 bridgehead atoms. The van der Waals surface area contributed by atoms with E-state index in [2.05, 4.69) is 4.74 Å². The predicted molar refractivity (Wildman–Crippen MR) is 99.5 cm³/mol. The summed E-state index contributed by atoms with van der Waals surface area (Å²) >= 11 is 0. The molecule has 29 heavy (non-hydrogen) atoms. The van der Waals surface area contributed by atoms with Crippen LogP contribution in [0.15, 0.2) is 12.1 Å². The molecule has 0 N–H and O–H groups in total. The third kappa shape index (κ3) is 6.23. The van der Waals surface area contributed by atoms with Gasteiger partial charge >= 0.3 is 18.2 Å². The van der Waals surface area contributed by atoms with Crippen LogP contribution in [0, 0.1) is 5.82 Å². The largest absolute Gasteiger partial charge is 0.493 e. The normalized spacial score (nSPS) is 11.9. The van der Waals surface area contributed by atoms with Crippen molar-refractivity contribution in [2.75, 3.05) is 28.4 Å². The zero-order valence-electron chi connectivity index (χ0n) is 17.5. The van der Waals surface area contributed by atoms with Gasteiger partial charge < -0.3 is 23.7 Å². The van der Waals surface area contributed by atoms with Gasteiger partial charge in [0.1, 0.15) is 17.5 Å². The number of halogens is 1. The number of methoxy groups -OCH3 is 4. The molecule has 0 aliphatic rings. The molecule has 10 heteroatoms. The number of hydrogen-bond acceptors (Lipinski definition) is 8. The van der Waals surface area contributed by atoms with Crippen LogP contribution in [0.1, 0.15) is 26.3 Å². The molecule has 1 aromatic rings. The van der Waals surface area contributed by atoms with Crippen molar-refractivity contribution in [3.63, 3.8) is 0 Å². The summed E-state index contributed by atoms with van der Waals surface area (Å²) in [7, 11) is 4.81. The van der Waals surface area contributed by atoms with Gasteiger partial charge in [-0.1, -0.05) is 0 Å². The van der Waals surface area contributed by atoms with Crippen LogP contribution in [-0.4, -0.2) is 63.1 Å². The molecule has 1 atom stereocenters. The Hall–Kier alpha value is -3.04. The van der Waals surface area contributed by atoms with E-state index >= 15 is 0 Å². The Kier molecular flexibility index (Phi) is 8.23. The van der Waals surface area contributed by atoms with Gasteiger partial charge in [-0.2, -0.15) is 4.90 Å². The fourth-order valence-corrected chi connectivity index (χ4v) is 2.42. The number of imide groups is 1. The van der Waals surface area contributed by atoms with Crippen LogP contribution in [0.3, 0.4) is 0 Å². The lowest BCUT2D eigenvalue weighted by Gasteiger charge is -2.29. The van der Waals surface area contributed by atoms with E-state index in [0.717, 1.165) is 20.3 Å². The monoisotopic (exact) mass is 414 g/mol. The molecular weight excluding hydrogens is 388 g/mol. The van der Waals surface area contributed by atoms with Crippen LogP contribution >= 0.6 is 0 Å². The van der Waals surface area contributed by atoms with Gasteiger partial charge in [-0.3, -0.25) is 0 Å². The summed E-state index contributed by atoms with van der Waals surface area (Å²) in [6.07, 6.45) is -2.70. The summed E-state index contributed by atoms with van der Waals surface area (Å²) in [6, 6.07) is 0.822. The maximum Gasteiger partial charge on any atom is 0.420 e. The zero-order valence-corrected chi connectivity index (χ0v) is 17.5. The summed E-state index contributed by atoms with van der Waals surface area (Å²) in [5.74, 6) is -1.35. The van der Waals surface area contributed by atoms with E-state index in [1.54, 1.807) is 20.8 Å². The molecule has 0 aliphatic heterocycles. The SMILES string of the molecule is COC(=O)C(Cc1cc(OC)c(OC)cc1[18F])N(C(=O)OC)C(=O)OC(C)(C)C. The fraction of sp³-hybridized carbons (Fsp3) is 0.526. The highest BCUT2D eigenvalue weighted by Crippen LogP contribution is 2.31. The Morgan fingerprint density at radius 3 is 1.97 bits per heavy atom. The highest BCUT2D eigenvalue weighted by Gasteiger charge is 2.40. The van der Waals surface area contributed by atoms with Gasteiger partial charge in [0.05, 0.1) is 28.4 Å². The number of hydrogen-bond donors (Lipinski definition) is 0. The van der Waals surface area contributed by atoms with E-state index in [-0.39, 0.29) is 17.1 Å². The standard InChI is InChI=1S/C19H26FNO8/c1-19(2,3)29-18(24)21(17(23)28-7)13(16(22)27-6)8-11-9-14(25-4)15(26-5)10-12(11)20/h9-10,13H,8H2,1-7H3/i20-1. The van der Waals surface area contributed by atoms with E-state index in [9.17, 15) is 18.8 Å². The van der Waals surface area contributed by atoms with Crippen LogP contribution in [0.2, 0.25) is 0 Å². The summed E-state index contributed by atoms with van der Waals surface area (Å²) in [5.41, 5.74) is -0.978. The van der Waals surface area contributed by atoms with Crippen molar-refractivity contribution in [2.45, 2.75) is 38.8 Å². The molecule has 162 valence electrons. The smallest absolute Gasteiger partial charge is 0.420 e. The van der Waals surface area contributed by atoms with Crippen LogP contribution in [0.25, 0.3) is 0 Å². The first kappa shape index (κ1) is 24.0. The number of amides is 2. The van der Waals surface area contributed by atoms with Crippen molar-refractivity contribution in [3.8, 4) is 11.5 Å². The number of carbonyl (C=O) groups is 3. The molecule has 0 saturated heterocycles. The van der Waals surface area contributed by atoms with E-state index < -0.39 is 42.0 Å². The number of ether oxygens (including phenoxy) is 5. The Labute approximate surface area is 168 Å². The molecule has 1 rings (SSSR count).